The smallest absolute Gasteiger partial charge is 0.309 e. The van der Waals surface area contributed by atoms with E-state index >= 15 is 0 Å². The number of carbonyl (C=O) groups excluding carboxylic acids is 2. The average Bonchev–Trinajstić information content (AvgIpc) is 3.29. The molecule has 3 rings (SSSR count). The monoisotopic (exact) mass is 444 g/mol. The van der Waals surface area contributed by atoms with Gasteiger partial charge in [-0.2, -0.15) is 0 Å². The number of allylic oxidation sites excluding steroid dienone is 1. The van der Waals surface area contributed by atoms with Crippen LogP contribution in [-0.4, -0.2) is 33.3 Å². The normalized spacial score (nSPS) is 15.1. The predicted molar refractivity (Wildman–Crippen MR) is 117 cm³/mol. The van der Waals surface area contributed by atoms with Gasteiger partial charge in [0.05, 0.1) is 11.2 Å². The molecule has 2 aromatic rings. The van der Waals surface area contributed by atoms with Gasteiger partial charge in [0.2, 0.25) is 0 Å². The fraction of sp³-hybridized carbons (Fsp3) is 0.391. The van der Waals surface area contributed by atoms with Gasteiger partial charge < -0.3 is 15.1 Å². The van der Waals surface area contributed by atoms with Crippen LogP contribution in [0.1, 0.15) is 48.7 Å². The molecule has 1 aromatic heterocycles. The molecule has 7 nitrogen and oxygen atoms in total. The number of carbonyl (C=O) groups is 2. The summed E-state index contributed by atoms with van der Waals surface area (Å²) in [5.74, 6) is -1.44. The van der Waals surface area contributed by atoms with E-state index in [0.717, 1.165) is 31.2 Å². The van der Waals surface area contributed by atoms with Crippen LogP contribution in [0.25, 0.3) is 0 Å². The highest BCUT2D eigenvalue weighted by Gasteiger charge is 2.32. The molecule has 2 N–H and O–H groups in total. The van der Waals surface area contributed by atoms with E-state index in [1.54, 1.807) is 24.3 Å². The number of rotatable bonds is 8. The summed E-state index contributed by atoms with van der Waals surface area (Å²) in [6.07, 6.45) is 8.73. The molecule has 0 spiro atoms. The second-order valence-electron chi connectivity index (χ2n) is 7.69. The Kier molecular flexibility index (Phi) is 7.68. The van der Waals surface area contributed by atoms with Crippen molar-refractivity contribution in [1.82, 2.24) is 10.6 Å². The van der Waals surface area contributed by atoms with Crippen molar-refractivity contribution in [2.75, 3.05) is 13.1 Å². The SMILES string of the molecule is Cc1ccc(S(=O)(=O)C(CNC(=O)C(=O)NCCC2=CCCCC2)c2ccco2)cc1. The number of furan rings is 1. The molecule has 0 saturated carbocycles. The van der Waals surface area contributed by atoms with Crippen LogP contribution >= 0.6 is 0 Å². The molecule has 1 heterocycles. The van der Waals surface area contributed by atoms with Gasteiger partial charge in [-0.15, -0.1) is 0 Å². The van der Waals surface area contributed by atoms with E-state index < -0.39 is 26.9 Å². The van der Waals surface area contributed by atoms with Gasteiger partial charge in [0.25, 0.3) is 0 Å². The Balaban J connectivity index is 1.61. The maximum absolute atomic E-state index is 13.2. The van der Waals surface area contributed by atoms with Gasteiger partial charge in [-0.1, -0.05) is 29.3 Å². The Hall–Kier alpha value is -2.87. The lowest BCUT2D eigenvalue weighted by Gasteiger charge is -2.17. The summed E-state index contributed by atoms with van der Waals surface area (Å²) in [7, 11) is -3.84. The summed E-state index contributed by atoms with van der Waals surface area (Å²) in [6.45, 7) is 1.96. The molecule has 166 valence electrons. The summed E-state index contributed by atoms with van der Waals surface area (Å²) in [5.41, 5.74) is 2.23. The predicted octanol–water partition coefficient (Wildman–Crippen LogP) is 3.23. The fourth-order valence-electron chi connectivity index (χ4n) is 3.54. The molecular formula is C23H28N2O5S. The molecule has 0 fully saturated rings. The van der Waals surface area contributed by atoms with Crippen LogP contribution in [0.2, 0.25) is 0 Å². The molecule has 1 aromatic carbocycles. The number of nitrogens with one attached hydrogen (secondary N) is 2. The van der Waals surface area contributed by atoms with E-state index in [0.29, 0.717) is 6.54 Å². The third kappa shape index (κ3) is 6.07. The second-order valence-corrected chi connectivity index (χ2v) is 9.82. The first kappa shape index (κ1) is 22.8. The standard InChI is InChI=1S/C23H28N2O5S/c1-17-9-11-19(12-10-17)31(28,29)21(20-8-5-15-30-20)16-25-23(27)22(26)24-14-13-18-6-3-2-4-7-18/h5-6,8-12,15,21H,2-4,7,13-14,16H2,1H3,(H,24,26)(H,25,27). The van der Waals surface area contributed by atoms with E-state index in [4.69, 9.17) is 4.42 Å². The molecule has 0 aliphatic heterocycles. The Morgan fingerprint density at radius 3 is 2.45 bits per heavy atom. The van der Waals surface area contributed by atoms with Crippen LogP contribution in [0.4, 0.5) is 0 Å². The maximum Gasteiger partial charge on any atom is 0.309 e. The first-order valence-corrected chi connectivity index (χ1v) is 12.0. The molecule has 1 aliphatic rings. The molecule has 0 saturated heterocycles. The van der Waals surface area contributed by atoms with Crippen molar-refractivity contribution in [2.24, 2.45) is 0 Å². The van der Waals surface area contributed by atoms with E-state index in [2.05, 4.69) is 16.7 Å². The number of aryl methyl sites for hydroxylation is 1. The Morgan fingerprint density at radius 2 is 1.81 bits per heavy atom. The van der Waals surface area contributed by atoms with E-state index in [-0.39, 0.29) is 17.2 Å². The van der Waals surface area contributed by atoms with Gasteiger partial charge in [-0.25, -0.2) is 8.42 Å². The Labute approximate surface area is 182 Å². The minimum Gasteiger partial charge on any atom is -0.468 e. The van der Waals surface area contributed by atoms with Gasteiger partial charge in [-0.05, 0) is 63.3 Å². The lowest BCUT2D eigenvalue weighted by Crippen LogP contribution is -2.42. The molecule has 31 heavy (non-hydrogen) atoms. The van der Waals surface area contributed by atoms with Gasteiger partial charge in [-0.3, -0.25) is 9.59 Å². The van der Waals surface area contributed by atoms with Crippen LogP contribution in [0.3, 0.4) is 0 Å². The third-order valence-electron chi connectivity index (χ3n) is 5.36. The van der Waals surface area contributed by atoms with Crippen molar-refractivity contribution in [1.29, 1.82) is 0 Å². The number of amides is 2. The third-order valence-corrected chi connectivity index (χ3v) is 7.43. The molecular weight excluding hydrogens is 416 g/mol. The van der Waals surface area contributed by atoms with Crippen molar-refractivity contribution in [3.05, 3.63) is 65.6 Å². The second kappa shape index (κ2) is 10.4. The minimum absolute atomic E-state index is 0.124. The van der Waals surface area contributed by atoms with E-state index in [9.17, 15) is 18.0 Å². The lowest BCUT2D eigenvalue weighted by molar-refractivity contribution is -0.139. The van der Waals surface area contributed by atoms with Crippen molar-refractivity contribution < 1.29 is 22.4 Å². The quantitative estimate of drug-likeness (QED) is 0.480. The minimum atomic E-state index is -3.84. The number of benzene rings is 1. The van der Waals surface area contributed by atoms with Gasteiger partial charge in [0.1, 0.15) is 11.0 Å². The molecule has 1 atom stereocenters. The molecule has 0 bridgehead atoms. The van der Waals surface area contributed by atoms with Crippen LogP contribution in [0.15, 0.2) is 63.6 Å². The van der Waals surface area contributed by atoms with Crippen molar-refractivity contribution in [2.45, 2.75) is 49.2 Å². The van der Waals surface area contributed by atoms with Gasteiger partial charge in [0.15, 0.2) is 9.84 Å². The Morgan fingerprint density at radius 1 is 1.06 bits per heavy atom. The van der Waals surface area contributed by atoms with Crippen LogP contribution in [0, 0.1) is 6.92 Å². The summed E-state index contributed by atoms with van der Waals surface area (Å²) < 4.78 is 31.6. The largest absolute Gasteiger partial charge is 0.468 e. The number of hydrogen-bond acceptors (Lipinski definition) is 5. The highest BCUT2D eigenvalue weighted by atomic mass is 32.2. The van der Waals surface area contributed by atoms with Crippen molar-refractivity contribution in [3.8, 4) is 0 Å². The van der Waals surface area contributed by atoms with Gasteiger partial charge >= 0.3 is 11.8 Å². The summed E-state index contributed by atoms with van der Waals surface area (Å²) in [6, 6.07) is 9.59. The van der Waals surface area contributed by atoms with E-state index in [1.807, 2.05) is 6.92 Å². The van der Waals surface area contributed by atoms with Gasteiger partial charge in [0, 0.05) is 13.1 Å². The number of sulfone groups is 1. The first-order valence-electron chi connectivity index (χ1n) is 10.5. The zero-order chi connectivity index (χ0) is 22.3. The summed E-state index contributed by atoms with van der Waals surface area (Å²) in [5, 5.41) is 3.90. The van der Waals surface area contributed by atoms with Crippen LogP contribution in [0.5, 0.6) is 0 Å². The lowest BCUT2D eigenvalue weighted by atomic mass is 9.97. The van der Waals surface area contributed by atoms with Crippen LogP contribution in [-0.2, 0) is 19.4 Å². The molecule has 8 heteroatoms. The van der Waals surface area contributed by atoms with Crippen molar-refractivity contribution >= 4 is 21.7 Å². The average molecular weight is 445 g/mol. The fourth-order valence-corrected chi connectivity index (χ4v) is 5.13. The number of hydrogen-bond donors (Lipinski definition) is 2. The molecule has 1 unspecified atom stereocenters. The van der Waals surface area contributed by atoms with Crippen molar-refractivity contribution in [3.63, 3.8) is 0 Å². The zero-order valence-corrected chi connectivity index (χ0v) is 18.4. The molecule has 2 amide bonds. The topological polar surface area (TPSA) is 105 Å². The van der Waals surface area contributed by atoms with Crippen LogP contribution < -0.4 is 10.6 Å². The maximum atomic E-state index is 13.2. The highest BCUT2D eigenvalue weighted by Crippen LogP contribution is 2.29. The first-order chi connectivity index (χ1) is 14.9. The highest BCUT2D eigenvalue weighted by molar-refractivity contribution is 7.91. The summed E-state index contributed by atoms with van der Waals surface area (Å²) in [4.78, 5) is 24.5. The molecule has 0 radical (unpaired) electrons. The Bertz CT molecular complexity index is 1020. The zero-order valence-electron chi connectivity index (χ0n) is 17.6. The van der Waals surface area contributed by atoms with E-state index in [1.165, 1.54) is 30.4 Å². The summed E-state index contributed by atoms with van der Waals surface area (Å²) >= 11 is 0. The molecule has 1 aliphatic carbocycles.